The van der Waals surface area contributed by atoms with Gasteiger partial charge in [0.2, 0.25) is 0 Å². The smallest absolute Gasteiger partial charge is 0.156 e. The minimum atomic E-state index is 0.107. The van der Waals surface area contributed by atoms with E-state index in [0.29, 0.717) is 6.42 Å². The lowest BCUT2D eigenvalue weighted by atomic mass is 10.1. The summed E-state index contributed by atoms with van der Waals surface area (Å²) in [5.41, 5.74) is 2.90. The summed E-state index contributed by atoms with van der Waals surface area (Å²) in [6.07, 6.45) is 2.54. The van der Waals surface area contributed by atoms with Gasteiger partial charge in [-0.2, -0.15) is 0 Å². The first-order valence-electron chi connectivity index (χ1n) is 4.20. The van der Waals surface area contributed by atoms with Crippen LogP contribution in [0.1, 0.15) is 18.1 Å². The van der Waals surface area contributed by atoms with Gasteiger partial charge in [0, 0.05) is 6.42 Å². The fourth-order valence-corrected chi connectivity index (χ4v) is 1.56. The molecule has 1 aliphatic rings. The van der Waals surface area contributed by atoms with Crippen molar-refractivity contribution >= 4 is 11.9 Å². The second kappa shape index (κ2) is 2.73. The van der Waals surface area contributed by atoms with Gasteiger partial charge < -0.3 is 5.11 Å². The summed E-state index contributed by atoms with van der Waals surface area (Å²) >= 11 is 0. The van der Waals surface area contributed by atoms with Gasteiger partial charge in [0.1, 0.15) is 5.75 Å². The molecule has 1 N–H and O–H groups in total. The lowest BCUT2D eigenvalue weighted by Crippen LogP contribution is -1.95. The number of rotatable bonds is 1. The summed E-state index contributed by atoms with van der Waals surface area (Å²) in [5.74, 6) is 0.368. The Morgan fingerprint density at radius 1 is 1.46 bits per heavy atom. The van der Waals surface area contributed by atoms with Gasteiger partial charge in [0.05, 0.1) is 0 Å². The van der Waals surface area contributed by atoms with Crippen LogP contribution in [0.2, 0.25) is 0 Å². The number of Topliss-reactive ketones (excluding diaryl/α,β-unsaturated/α-hetero) is 1. The lowest BCUT2D eigenvalue weighted by molar-refractivity contribution is -0.113. The second-order valence-electron chi connectivity index (χ2n) is 3.29. The summed E-state index contributed by atoms with van der Waals surface area (Å²) in [7, 11) is 0. The van der Waals surface area contributed by atoms with Crippen molar-refractivity contribution in [3.63, 3.8) is 0 Å². The highest BCUT2D eigenvalue weighted by Gasteiger charge is 2.15. The number of hydrogen-bond donors (Lipinski definition) is 1. The van der Waals surface area contributed by atoms with Crippen molar-refractivity contribution in [2.45, 2.75) is 13.3 Å². The van der Waals surface area contributed by atoms with Gasteiger partial charge in [-0.05, 0) is 41.8 Å². The van der Waals surface area contributed by atoms with E-state index in [9.17, 15) is 9.90 Å². The van der Waals surface area contributed by atoms with E-state index in [4.69, 9.17) is 0 Å². The Morgan fingerprint density at radius 2 is 2.23 bits per heavy atom. The van der Waals surface area contributed by atoms with Crippen LogP contribution in [0.25, 0.3) is 6.08 Å². The summed E-state index contributed by atoms with van der Waals surface area (Å²) in [4.78, 5) is 11.1. The Morgan fingerprint density at radius 3 is 2.92 bits per heavy atom. The average Bonchev–Trinajstić information content (AvgIpc) is 2.46. The molecule has 0 unspecified atom stereocenters. The molecular formula is C11H10O2. The molecule has 0 fully saturated rings. The van der Waals surface area contributed by atoms with Crippen molar-refractivity contribution < 1.29 is 9.90 Å². The Hall–Kier alpha value is -1.57. The molecule has 0 spiro atoms. The highest BCUT2D eigenvalue weighted by molar-refractivity contribution is 6.00. The molecule has 66 valence electrons. The van der Waals surface area contributed by atoms with Crippen LogP contribution < -0.4 is 0 Å². The van der Waals surface area contributed by atoms with Gasteiger partial charge in [0.15, 0.2) is 5.78 Å². The van der Waals surface area contributed by atoms with Gasteiger partial charge >= 0.3 is 0 Å². The SMILES string of the molecule is CC(=O)C1=Cc2ccc(O)cc2C1. The third-order valence-corrected chi connectivity index (χ3v) is 2.29. The Bertz CT molecular complexity index is 403. The number of carbonyl (C=O) groups excluding carboxylic acids is 1. The number of phenols is 1. The van der Waals surface area contributed by atoms with E-state index in [1.165, 1.54) is 0 Å². The molecule has 1 aromatic carbocycles. The molecule has 1 aliphatic carbocycles. The highest BCUT2D eigenvalue weighted by Crippen LogP contribution is 2.28. The Balaban J connectivity index is 2.41. The largest absolute Gasteiger partial charge is 0.508 e. The fraction of sp³-hybridized carbons (Fsp3) is 0.182. The number of allylic oxidation sites excluding steroid dienone is 1. The van der Waals surface area contributed by atoms with Crippen LogP contribution >= 0.6 is 0 Å². The van der Waals surface area contributed by atoms with Crippen LogP contribution in [0, 0.1) is 0 Å². The monoisotopic (exact) mass is 174 g/mol. The van der Waals surface area contributed by atoms with E-state index in [-0.39, 0.29) is 11.5 Å². The van der Waals surface area contributed by atoms with Crippen molar-refractivity contribution in [3.8, 4) is 5.75 Å². The number of aromatic hydroxyl groups is 1. The highest BCUT2D eigenvalue weighted by atomic mass is 16.3. The van der Waals surface area contributed by atoms with E-state index in [0.717, 1.165) is 16.7 Å². The molecule has 0 heterocycles. The predicted molar refractivity (Wildman–Crippen MR) is 50.5 cm³/mol. The van der Waals surface area contributed by atoms with Crippen LogP contribution in [0.5, 0.6) is 5.75 Å². The molecule has 2 heteroatoms. The lowest BCUT2D eigenvalue weighted by Gasteiger charge is -1.98. The molecule has 0 amide bonds. The first kappa shape index (κ1) is 8.05. The molecule has 0 aliphatic heterocycles. The van der Waals surface area contributed by atoms with Crippen molar-refractivity contribution in [1.29, 1.82) is 0 Å². The Kier molecular flexibility index (Phi) is 1.69. The maximum atomic E-state index is 11.1. The maximum absolute atomic E-state index is 11.1. The first-order chi connectivity index (χ1) is 6.16. The predicted octanol–water partition coefficient (Wildman–Crippen LogP) is 1.92. The maximum Gasteiger partial charge on any atom is 0.156 e. The second-order valence-corrected chi connectivity index (χ2v) is 3.29. The zero-order valence-electron chi connectivity index (χ0n) is 7.37. The fourth-order valence-electron chi connectivity index (χ4n) is 1.56. The van der Waals surface area contributed by atoms with Crippen molar-refractivity contribution in [3.05, 3.63) is 34.9 Å². The average molecular weight is 174 g/mol. The zero-order valence-corrected chi connectivity index (χ0v) is 7.37. The summed E-state index contributed by atoms with van der Waals surface area (Å²) in [6, 6.07) is 5.18. The number of fused-ring (bicyclic) bond motifs is 1. The normalized spacial score (nSPS) is 13.8. The van der Waals surface area contributed by atoms with Gasteiger partial charge in [-0.25, -0.2) is 0 Å². The number of carbonyl (C=O) groups is 1. The van der Waals surface area contributed by atoms with Crippen LogP contribution in [0.3, 0.4) is 0 Å². The number of phenolic OH excluding ortho intramolecular Hbond substituents is 1. The summed E-state index contributed by atoms with van der Waals surface area (Å²) in [6.45, 7) is 1.57. The van der Waals surface area contributed by atoms with E-state index in [1.54, 1.807) is 19.1 Å². The summed E-state index contributed by atoms with van der Waals surface area (Å²) < 4.78 is 0. The number of hydrogen-bond acceptors (Lipinski definition) is 2. The topological polar surface area (TPSA) is 37.3 Å². The van der Waals surface area contributed by atoms with E-state index < -0.39 is 0 Å². The van der Waals surface area contributed by atoms with Gasteiger partial charge in [-0.3, -0.25) is 4.79 Å². The molecule has 0 aromatic heterocycles. The standard InChI is InChI=1S/C11H10O2/c1-7(12)9-4-8-2-3-11(13)6-10(8)5-9/h2-4,6,13H,5H2,1H3. The van der Waals surface area contributed by atoms with E-state index in [1.807, 2.05) is 12.1 Å². The number of benzene rings is 1. The third kappa shape index (κ3) is 1.35. The molecular weight excluding hydrogens is 164 g/mol. The van der Waals surface area contributed by atoms with Crippen LogP contribution in [0.15, 0.2) is 23.8 Å². The van der Waals surface area contributed by atoms with Gasteiger partial charge in [0.25, 0.3) is 0 Å². The quantitative estimate of drug-likeness (QED) is 0.706. The van der Waals surface area contributed by atoms with Crippen molar-refractivity contribution in [2.24, 2.45) is 0 Å². The van der Waals surface area contributed by atoms with Gasteiger partial charge in [-0.15, -0.1) is 0 Å². The zero-order chi connectivity index (χ0) is 9.42. The molecule has 1 aromatic rings. The molecule has 0 bridgehead atoms. The van der Waals surface area contributed by atoms with E-state index in [2.05, 4.69) is 0 Å². The first-order valence-corrected chi connectivity index (χ1v) is 4.20. The molecule has 0 saturated carbocycles. The number of ketones is 1. The molecule has 0 saturated heterocycles. The van der Waals surface area contributed by atoms with Crippen LogP contribution in [0.4, 0.5) is 0 Å². The van der Waals surface area contributed by atoms with Gasteiger partial charge in [-0.1, -0.05) is 6.07 Å². The van der Waals surface area contributed by atoms with E-state index >= 15 is 0 Å². The molecule has 2 rings (SSSR count). The molecule has 0 radical (unpaired) electrons. The van der Waals surface area contributed by atoms with Crippen LogP contribution in [-0.2, 0) is 11.2 Å². The molecule has 0 atom stereocenters. The van der Waals surface area contributed by atoms with Crippen molar-refractivity contribution in [1.82, 2.24) is 0 Å². The molecule has 13 heavy (non-hydrogen) atoms. The van der Waals surface area contributed by atoms with Crippen LogP contribution in [-0.4, -0.2) is 10.9 Å². The Labute approximate surface area is 76.5 Å². The minimum Gasteiger partial charge on any atom is -0.508 e. The summed E-state index contributed by atoms with van der Waals surface area (Å²) in [5, 5.41) is 9.21. The molecule has 2 nitrogen and oxygen atoms in total. The van der Waals surface area contributed by atoms with Crippen molar-refractivity contribution in [2.75, 3.05) is 0 Å². The third-order valence-electron chi connectivity index (χ3n) is 2.29. The minimum absolute atomic E-state index is 0.107.